The predicted molar refractivity (Wildman–Crippen MR) is 120 cm³/mol. The number of rotatable bonds is 11. The normalized spacial score (nSPS) is 13.3. The highest BCUT2D eigenvalue weighted by Crippen LogP contribution is 2.12. The maximum absolute atomic E-state index is 12.7. The summed E-state index contributed by atoms with van der Waals surface area (Å²) in [5, 5.41) is 25.6. The van der Waals surface area contributed by atoms with Gasteiger partial charge in [0.25, 0.3) is 0 Å². The Labute approximate surface area is 191 Å². The second-order valence-electron chi connectivity index (χ2n) is 7.57. The Balaban J connectivity index is 2.04. The molecule has 3 unspecified atom stereocenters. The lowest BCUT2D eigenvalue weighted by Gasteiger charge is -2.21. The second-order valence-corrected chi connectivity index (χ2v) is 7.57. The molecule has 0 aliphatic heterocycles. The van der Waals surface area contributed by atoms with E-state index in [4.69, 9.17) is 10.8 Å². The number of carbonyl (C=O) groups is 4. The monoisotopic (exact) mass is 456 g/mol. The van der Waals surface area contributed by atoms with Crippen molar-refractivity contribution >= 4 is 23.7 Å². The molecule has 0 radical (unpaired) electrons. The van der Waals surface area contributed by atoms with Crippen LogP contribution in [0.15, 0.2) is 54.6 Å². The summed E-state index contributed by atoms with van der Waals surface area (Å²) in [6, 6.07) is 12.2. The number of phenols is 1. The number of hydrogen-bond acceptors (Lipinski definition) is 6. The second kappa shape index (κ2) is 12.2. The number of amides is 3. The molecule has 0 heterocycles. The van der Waals surface area contributed by atoms with Gasteiger partial charge in [-0.15, -0.1) is 0 Å². The van der Waals surface area contributed by atoms with E-state index in [2.05, 4.69) is 16.0 Å². The number of carbonyl (C=O) groups excluding carboxylic acids is 3. The molecule has 0 aliphatic carbocycles. The number of hydrogen-bond donors (Lipinski definition) is 6. The molecule has 10 nitrogen and oxygen atoms in total. The molecule has 2 rings (SSSR count). The van der Waals surface area contributed by atoms with Crippen LogP contribution in [0, 0.1) is 0 Å². The van der Waals surface area contributed by atoms with Crippen LogP contribution in [-0.4, -0.2) is 58.6 Å². The van der Waals surface area contributed by atoms with Crippen molar-refractivity contribution in [2.75, 3.05) is 6.54 Å². The average molecular weight is 456 g/mol. The van der Waals surface area contributed by atoms with Crippen LogP contribution in [0.3, 0.4) is 0 Å². The largest absolute Gasteiger partial charge is 0.508 e. The van der Waals surface area contributed by atoms with Crippen molar-refractivity contribution in [2.45, 2.75) is 37.9 Å². The first-order valence-corrected chi connectivity index (χ1v) is 10.3. The fourth-order valence-electron chi connectivity index (χ4n) is 2.96. The number of carboxylic acid groups (broad SMARTS) is 1. The maximum atomic E-state index is 12.7. The van der Waals surface area contributed by atoms with E-state index in [1.807, 2.05) is 30.3 Å². The van der Waals surface area contributed by atoms with Gasteiger partial charge in [0.05, 0.1) is 12.6 Å². The quantitative estimate of drug-likeness (QED) is 0.269. The minimum atomic E-state index is -1.21. The van der Waals surface area contributed by atoms with Gasteiger partial charge in [-0.05, 0) is 36.6 Å². The minimum absolute atomic E-state index is 0.0536. The van der Waals surface area contributed by atoms with Crippen LogP contribution in [0.1, 0.15) is 18.1 Å². The average Bonchev–Trinajstić information content (AvgIpc) is 2.78. The van der Waals surface area contributed by atoms with E-state index in [0.717, 1.165) is 5.56 Å². The van der Waals surface area contributed by atoms with Crippen LogP contribution >= 0.6 is 0 Å². The van der Waals surface area contributed by atoms with Gasteiger partial charge in [0.15, 0.2) is 0 Å². The third-order valence-corrected chi connectivity index (χ3v) is 4.82. The molecule has 10 heteroatoms. The van der Waals surface area contributed by atoms with Gasteiger partial charge in [-0.25, -0.2) is 0 Å². The van der Waals surface area contributed by atoms with E-state index in [0.29, 0.717) is 5.56 Å². The lowest BCUT2D eigenvalue weighted by molar-refractivity contribution is -0.141. The molecule has 0 aromatic heterocycles. The van der Waals surface area contributed by atoms with Gasteiger partial charge in [0.1, 0.15) is 17.8 Å². The van der Waals surface area contributed by atoms with Crippen molar-refractivity contribution in [1.29, 1.82) is 0 Å². The first-order valence-electron chi connectivity index (χ1n) is 10.3. The van der Waals surface area contributed by atoms with Crippen LogP contribution in [0.25, 0.3) is 0 Å². The van der Waals surface area contributed by atoms with E-state index in [1.165, 1.54) is 19.1 Å². The minimum Gasteiger partial charge on any atom is -0.508 e. The topological polar surface area (TPSA) is 171 Å². The SMILES string of the molecule is CC(NC(=O)CNC(=O)C(Cc1ccc(O)cc1)NC(=O)C(N)Cc1ccccc1)C(=O)O. The van der Waals surface area contributed by atoms with Crippen LogP contribution in [0.4, 0.5) is 0 Å². The molecule has 176 valence electrons. The van der Waals surface area contributed by atoms with Crippen molar-refractivity contribution in [1.82, 2.24) is 16.0 Å². The molecular formula is C23H28N4O6. The van der Waals surface area contributed by atoms with Crippen LogP contribution in [0.5, 0.6) is 5.75 Å². The number of nitrogens with two attached hydrogens (primary N) is 1. The number of aliphatic carboxylic acids is 1. The Morgan fingerprint density at radius 3 is 2.09 bits per heavy atom. The summed E-state index contributed by atoms with van der Waals surface area (Å²) in [7, 11) is 0. The first-order chi connectivity index (χ1) is 15.7. The van der Waals surface area contributed by atoms with Crippen molar-refractivity contribution in [3.8, 4) is 5.75 Å². The standard InChI is InChI=1S/C23H28N4O6/c1-14(23(32)33)26-20(29)13-25-22(31)19(12-16-7-9-17(28)10-8-16)27-21(30)18(24)11-15-5-3-2-4-6-15/h2-10,14,18-19,28H,11-13,24H2,1H3,(H,25,31)(H,26,29)(H,27,30)(H,32,33). The summed E-state index contributed by atoms with van der Waals surface area (Å²) in [6.45, 7) is 0.832. The summed E-state index contributed by atoms with van der Waals surface area (Å²) < 4.78 is 0. The van der Waals surface area contributed by atoms with Crippen molar-refractivity contribution in [2.24, 2.45) is 5.73 Å². The number of aromatic hydroxyl groups is 1. The van der Waals surface area contributed by atoms with Crippen molar-refractivity contribution in [3.63, 3.8) is 0 Å². The zero-order valence-corrected chi connectivity index (χ0v) is 18.2. The summed E-state index contributed by atoms with van der Waals surface area (Å²) in [4.78, 5) is 48.1. The molecule has 7 N–H and O–H groups in total. The van der Waals surface area contributed by atoms with E-state index in [-0.39, 0.29) is 18.6 Å². The van der Waals surface area contributed by atoms with Gasteiger partial charge in [0, 0.05) is 6.42 Å². The molecule has 0 bridgehead atoms. The third-order valence-electron chi connectivity index (χ3n) is 4.82. The van der Waals surface area contributed by atoms with Gasteiger partial charge < -0.3 is 31.9 Å². The lowest BCUT2D eigenvalue weighted by atomic mass is 10.0. The van der Waals surface area contributed by atoms with E-state index < -0.39 is 48.4 Å². The molecule has 3 amide bonds. The highest BCUT2D eigenvalue weighted by Gasteiger charge is 2.25. The van der Waals surface area contributed by atoms with E-state index >= 15 is 0 Å². The van der Waals surface area contributed by atoms with Gasteiger partial charge in [-0.2, -0.15) is 0 Å². The van der Waals surface area contributed by atoms with E-state index in [9.17, 15) is 24.3 Å². The fourth-order valence-corrected chi connectivity index (χ4v) is 2.96. The highest BCUT2D eigenvalue weighted by molar-refractivity contribution is 5.92. The summed E-state index contributed by atoms with van der Waals surface area (Å²) in [5.74, 6) is -3.02. The Bertz CT molecular complexity index is 965. The van der Waals surface area contributed by atoms with Crippen LogP contribution in [-0.2, 0) is 32.0 Å². The smallest absolute Gasteiger partial charge is 0.325 e. The van der Waals surface area contributed by atoms with Crippen LogP contribution in [0.2, 0.25) is 0 Å². The first kappa shape index (κ1) is 25.3. The molecule has 2 aromatic rings. The molecule has 0 spiro atoms. The van der Waals surface area contributed by atoms with Crippen molar-refractivity contribution < 1.29 is 29.4 Å². The molecule has 0 saturated carbocycles. The van der Waals surface area contributed by atoms with Gasteiger partial charge in [-0.1, -0.05) is 42.5 Å². The number of carboxylic acids is 1. The number of benzene rings is 2. The molecule has 3 atom stereocenters. The van der Waals surface area contributed by atoms with Gasteiger partial charge >= 0.3 is 5.97 Å². The summed E-state index contributed by atoms with van der Waals surface area (Å²) in [6.07, 6.45) is 0.360. The number of phenolic OH excluding ortho intramolecular Hbond substituents is 1. The third kappa shape index (κ3) is 8.62. The zero-order chi connectivity index (χ0) is 24.4. The zero-order valence-electron chi connectivity index (χ0n) is 18.2. The lowest BCUT2D eigenvalue weighted by Crippen LogP contribution is -2.54. The van der Waals surface area contributed by atoms with Crippen LogP contribution < -0.4 is 21.7 Å². The number of nitrogens with one attached hydrogen (secondary N) is 3. The molecule has 2 aromatic carbocycles. The summed E-state index contributed by atoms with van der Waals surface area (Å²) in [5.41, 5.74) is 7.55. The van der Waals surface area contributed by atoms with E-state index in [1.54, 1.807) is 12.1 Å². The predicted octanol–water partition coefficient (Wildman–Crippen LogP) is -0.305. The highest BCUT2D eigenvalue weighted by atomic mass is 16.4. The summed E-state index contributed by atoms with van der Waals surface area (Å²) >= 11 is 0. The molecule has 0 saturated heterocycles. The van der Waals surface area contributed by atoms with Gasteiger partial charge in [-0.3, -0.25) is 19.2 Å². The Kier molecular flexibility index (Phi) is 9.37. The fraction of sp³-hybridized carbons (Fsp3) is 0.304. The van der Waals surface area contributed by atoms with Crippen molar-refractivity contribution in [3.05, 3.63) is 65.7 Å². The maximum Gasteiger partial charge on any atom is 0.325 e. The molecule has 0 fully saturated rings. The molecular weight excluding hydrogens is 428 g/mol. The molecule has 33 heavy (non-hydrogen) atoms. The Morgan fingerprint density at radius 1 is 0.879 bits per heavy atom. The van der Waals surface area contributed by atoms with Gasteiger partial charge in [0.2, 0.25) is 17.7 Å². The Morgan fingerprint density at radius 2 is 1.48 bits per heavy atom. The Hall–Kier alpha value is -3.92. The molecule has 0 aliphatic rings.